The van der Waals surface area contributed by atoms with E-state index in [1.165, 1.54) is 64.2 Å². The standard InChI is InChI=1S/C83H132O16P2/c1-4-7-10-13-16-19-22-25-28-31-34-35-36-37-38-39-40-41-44-46-48-51-54-57-60-63-66-69-81(86)93-72-78(84)73-95-100(89,90)96-74-79(85)75-97-101(91,92)98-77-80(99-83(88)71-68-65-62-59-56-53-50-47-43-33-30-27-24-21-18-15-12-9-6-3)76-94-82(87)70-67-64-61-58-55-52-49-45-42-32-29-26-23-20-17-14-11-8-5-2/h8-9,11-12,16-21,25-30,34-35,37-38,42-43,45,47,52-53,55-56,61-62,64-65,78-80,84-85H,4-7,10,13-15,22-24,31-33,36,39-41,44,46,48-51,54,57-60,63,66-77H2,1-3H3,(H,89,90)(H,91,92)/b11-8-,12-9-,19-16-,20-17-,21-18-,28-25-,29-26-,30-27-,35-34-,38-37-,45-42-,47-43-,55-52-,56-53-,64-61-,65-62-. The normalized spacial score (nSPS) is 15.1. The number of hydrogen-bond acceptors (Lipinski definition) is 14. The smallest absolute Gasteiger partial charge is 0.463 e. The first-order valence-corrected chi connectivity index (χ1v) is 40.7. The van der Waals surface area contributed by atoms with E-state index in [0.29, 0.717) is 32.1 Å². The van der Waals surface area contributed by atoms with E-state index in [2.05, 4.69) is 179 Å². The van der Waals surface area contributed by atoms with Crippen molar-refractivity contribution in [2.45, 2.75) is 270 Å². The Morgan fingerprint density at radius 2 is 0.545 bits per heavy atom. The van der Waals surface area contributed by atoms with Crippen LogP contribution in [0.4, 0.5) is 0 Å². The molecule has 0 aliphatic carbocycles. The number of phosphoric ester groups is 2. The summed E-state index contributed by atoms with van der Waals surface area (Å²) in [5, 5.41) is 20.6. The molecule has 0 aliphatic heterocycles. The number of esters is 3. The maximum atomic E-state index is 12.9. The minimum atomic E-state index is -4.98. The van der Waals surface area contributed by atoms with Crippen LogP contribution < -0.4 is 0 Å². The molecule has 5 unspecified atom stereocenters. The number of carbonyl (C=O) groups is 3. The first-order chi connectivity index (χ1) is 49.2. The van der Waals surface area contributed by atoms with E-state index in [1.54, 1.807) is 0 Å². The van der Waals surface area contributed by atoms with Gasteiger partial charge in [0.05, 0.1) is 26.4 Å². The Labute approximate surface area is 610 Å². The molecule has 18 heteroatoms. The van der Waals surface area contributed by atoms with Crippen LogP contribution in [0, 0.1) is 0 Å². The number of ether oxygens (including phenoxy) is 3. The number of unbranched alkanes of at least 4 members (excludes halogenated alkanes) is 14. The molecule has 0 radical (unpaired) electrons. The number of hydrogen-bond donors (Lipinski definition) is 4. The lowest BCUT2D eigenvalue weighted by molar-refractivity contribution is -0.161. The molecule has 101 heavy (non-hydrogen) atoms. The fraction of sp³-hybridized carbons (Fsp3) is 0.578. The molecule has 0 bridgehead atoms. The van der Waals surface area contributed by atoms with Gasteiger partial charge >= 0.3 is 33.6 Å². The molecule has 4 N–H and O–H groups in total. The average Bonchev–Trinajstić information content (AvgIpc) is 1.17. The summed E-state index contributed by atoms with van der Waals surface area (Å²) in [6.45, 7) is 2.20. The van der Waals surface area contributed by atoms with E-state index in [-0.39, 0.29) is 19.3 Å². The van der Waals surface area contributed by atoms with E-state index in [9.17, 15) is 43.5 Å². The number of phosphoric acid groups is 2. The van der Waals surface area contributed by atoms with Crippen molar-refractivity contribution < 1.29 is 75.8 Å². The summed E-state index contributed by atoms with van der Waals surface area (Å²) in [7, 11) is -9.85. The van der Waals surface area contributed by atoms with Crippen LogP contribution in [0.3, 0.4) is 0 Å². The van der Waals surface area contributed by atoms with E-state index < -0.39 is 91.5 Å². The number of carbonyl (C=O) groups excluding carboxylic acids is 3. The Hall–Kier alpha value is -5.61. The zero-order chi connectivity index (χ0) is 73.7. The predicted molar refractivity (Wildman–Crippen MR) is 417 cm³/mol. The summed E-state index contributed by atoms with van der Waals surface area (Å²) in [6.07, 6.45) is 96.6. The minimum absolute atomic E-state index is 0.0207. The van der Waals surface area contributed by atoms with E-state index in [4.69, 9.17) is 32.3 Å². The fourth-order valence-corrected chi connectivity index (χ4v) is 10.7. The highest BCUT2D eigenvalue weighted by Gasteiger charge is 2.29. The molecule has 0 amide bonds. The molecule has 0 spiro atoms. The summed E-state index contributed by atoms with van der Waals surface area (Å²) in [4.78, 5) is 58.5. The summed E-state index contributed by atoms with van der Waals surface area (Å²) >= 11 is 0. The van der Waals surface area contributed by atoms with Crippen LogP contribution in [0.15, 0.2) is 194 Å². The lowest BCUT2D eigenvalue weighted by Crippen LogP contribution is -2.29. The van der Waals surface area contributed by atoms with Crippen molar-refractivity contribution in [3.63, 3.8) is 0 Å². The van der Waals surface area contributed by atoms with E-state index in [1.807, 2.05) is 36.5 Å². The molecule has 0 aromatic carbocycles. The summed E-state index contributed by atoms with van der Waals surface area (Å²) in [5.74, 6) is -1.79. The molecule has 0 heterocycles. The van der Waals surface area contributed by atoms with Gasteiger partial charge in [-0.3, -0.25) is 32.5 Å². The molecule has 16 nitrogen and oxygen atoms in total. The summed E-state index contributed by atoms with van der Waals surface area (Å²) in [5.41, 5.74) is 0. The second-order valence-electron chi connectivity index (χ2n) is 24.3. The highest BCUT2D eigenvalue weighted by atomic mass is 31.2. The molecule has 0 saturated carbocycles. The topological polar surface area (TPSA) is 231 Å². The van der Waals surface area contributed by atoms with Gasteiger partial charge in [-0.25, -0.2) is 9.13 Å². The van der Waals surface area contributed by atoms with Crippen molar-refractivity contribution in [1.82, 2.24) is 0 Å². The van der Waals surface area contributed by atoms with Crippen molar-refractivity contribution in [1.29, 1.82) is 0 Å². The van der Waals surface area contributed by atoms with E-state index in [0.717, 1.165) is 116 Å². The molecular weight excluding hydrogens is 1310 g/mol. The molecule has 5 atom stereocenters. The van der Waals surface area contributed by atoms with Crippen LogP contribution >= 0.6 is 15.6 Å². The SMILES string of the molecule is CC/C=C\C/C=C\C/C=C\C/C=C\C/C=C\C/C=C\CCC(=O)OCC(COP(=O)(O)OCC(O)COP(=O)(O)OCC(O)COC(=O)CCCCCCCCCCCCC/C=C\C/C=C\C/C=C\C/C=C\CCCCC)OC(=O)CC/C=C\C/C=C\C/C=C\C/C=C\C/C=C\C/C=C\CC. The third-order valence-corrected chi connectivity index (χ3v) is 16.7. The second-order valence-corrected chi connectivity index (χ2v) is 27.2. The average molecular weight is 1450 g/mol. The molecule has 0 aromatic heterocycles. The Morgan fingerprint density at radius 1 is 0.287 bits per heavy atom. The van der Waals surface area contributed by atoms with Gasteiger partial charge in [-0.15, -0.1) is 0 Å². The van der Waals surface area contributed by atoms with Crippen LogP contribution in [-0.4, -0.2) is 95.9 Å². The van der Waals surface area contributed by atoms with Crippen LogP contribution in [0.5, 0.6) is 0 Å². The van der Waals surface area contributed by atoms with Gasteiger partial charge in [0.2, 0.25) is 0 Å². The lowest BCUT2D eigenvalue weighted by atomic mass is 10.0. The number of allylic oxidation sites excluding steroid dienone is 32. The predicted octanol–water partition coefficient (Wildman–Crippen LogP) is 22.0. The van der Waals surface area contributed by atoms with Gasteiger partial charge in [-0.1, -0.05) is 286 Å². The highest BCUT2D eigenvalue weighted by molar-refractivity contribution is 7.47. The lowest BCUT2D eigenvalue weighted by Gasteiger charge is -2.21. The first kappa shape index (κ1) is 95.4. The third kappa shape index (κ3) is 75.4. The first-order valence-electron chi connectivity index (χ1n) is 37.7. The van der Waals surface area contributed by atoms with E-state index >= 15 is 0 Å². The van der Waals surface area contributed by atoms with Crippen LogP contribution in [0.2, 0.25) is 0 Å². The van der Waals surface area contributed by atoms with Crippen molar-refractivity contribution in [3.05, 3.63) is 194 Å². The Balaban J connectivity index is 4.74. The highest BCUT2D eigenvalue weighted by Crippen LogP contribution is 2.45. The molecule has 0 aromatic rings. The maximum Gasteiger partial charge on any atom is 0.472 e. The van der Waals surface area contributed by atoms with Crippen LogP contribution in [0.1, 0.15) is 252 Å². The molecule has 0 rings (SSSR count). The molecule has 0 saturated heterocycles. The second kappa shape index (κ2) is 74.1. The van der Waals surface area contributed by atoms with Crippen molar-refractivity contribution >= 4 is 33.6 Å². The summed E-state index contributed by atoms with van der Waals surface area (Å²) < 4.78 is 60.9. The minimum Gasteiger partial charge on any atom is -0.463 e. The van der Waals surface area contributed by atoms with Gasteiger partial charge in [-0.2, -0.15) is 0 Å². The van der Waals surface area contributed by atoms with Gasteiger partial charge in [0.1, 0.15) is 25.4 Å². The quantitative estimate of drug-likeness (QED) is 0.0146. The molecule has 0 aliphatic rings. The van der Waals surface area contributed by atoms with Gasteiger partial charge in [0.15, 0.2) is 6.10 Å². The Kier molecular flexibility index (Phi) is 70.0. The zero-order valence-corrected chi connectivity index (χ0v) is 63.8. The largest absolute Gasteiger partial charge is 0.472 e. The van der Waals surface area contributed by atoms with Crippen molar-refractivity contribution in [2.24, 2.45) is 0 Å². The Bertz CT molecular complexity index is 2620. The fourth-order valence-electron chi connectivity index (χ4n) is 9.13. The van der Waals surface area contributed by atoms with Gasteiger partial charge in [0, 0.05) is 19.3 Å². The molecule has 570 valence electrons. The molecule has 0 fully saturated rings. The number of aliphatic hydroxyl groups excluding tert-OH is 2. The van der Waals surface area contributed by atoms with Crippen molar-refractivity contribution in [2.75, 3.05) is 39.6 Å². The van der Waals surface area contributed by atoms with Crippen LogP contribution in [-0.2, 0) is 55.8 Å². The maximum absolute atomic E-state index is 12.9. The summed E-state index contributed by atoms with van der Waals surface area (Å²) in [6, 6.07) is 0. The number of rotatable bonds is 69. The Morgan fingerprint density at radius 3 is 0.891 bits per heavy atom. The van der Waals surface area contributed by atoms with Crippen LogP contribution in [0.25, 0.3) is 0 Å². The van der Waals surface area contributed by atoms with Gasteiger partial charge in [-0.05, 0) is 141 Å². The monoisotopic (exact) mass is 1450 g/mol. The molecular formula is C83H132O16P2. The van der Waals surface area contributed by atoms with Crippen molar-refractivity contribution in [3.8, 4) is 0 Å². The number of aliphatic hydroxyl groups is 2. The van der Waals surface area contributed by atoms with Gasteiger partial charge < -0.3 is 34.2 Å². The third-order valence-electron chi connectivity index (χ3n) is 14.8. The van der Waals surface area contributed by atoms with Gasteiger partial charge in [0.25, 0.3) is 0 Å². The zero-order valence-electron chi connectivity index (χ0n) is 62.0.